The number of halogens is 2. The summed E-state index contributed by atoms with van der Waals surface area (Å²) in [5.74, 6) is -0.890. The molecule has 0 aliphatic carbocycles. The Balaban J connectivity index is 1.84. The third kappa shape index (κ3) is 3.65. The Morgan fingerprint density at radius 3 is 2.48 bits per heavy atom. The molecule has 1 aliphatic rings. The molecule has 1 fully saturated rings. The molecule has 0 aromatic heterocycles. The van der Waals surface area contributed by atoms with Crippen LogP contribution in [0.3, 0.4) is 0 Å². The van der Waals surface area contributed by atoms with Crippen molar-refractivity contribution in [3.8, 4) is 0 Å². The number of nitrogens with zero attached hydrogens (tertiary/aromatic N) is 1. The largest absolute Gasteiger partial charge is 0.399 e. The Labute approximate surface area is 146 Å². The minimum atomic E-state index is -0.574. The highest BCUT2D eigenvalue weighted by molar-refractivity contribution is 5.96. The average Bonchev–Trinajstić information content (AvgIpc) is 2.52. The molecule has 5 heteroatoms. The van der Waals surface area contributed by atoms with Gasteiger partial charge >= 0.3 is 0 Å². The molecule has 0 spiro atoms. The lowest BCUT2D eigenvalue weighted by molar-refractivity contribution is -0.120. The van der Waals surface area contributed by atoms with Crippen molar-refractivity contribution in [2.45, 2.75) is 33.1 Å². The first-order chi connectivity index (χ1) is 11.8. The molecule has 0 saturated carbocycles. The fourth-order valence-electron chi connectivity index (χ4n) is 3.71. The molecule has 3 rings (SSSR count). The van der Waals surface area contributed by atoms with Crippen LogP contribution < -0.4 is 10.6 Å². The summed E-state index contributed by atoms with van der Waals surface area (Å²) in [5.41, 5.74) is 9.85. The van der Waals surface area contributed by atoms with Crippen LogP contribution in [0, 0.1) is 31.4 Å². The Morgan fingerprint density at radius 2 is 1.84 bits per heavy atom. The van der Waals surface area contributed by atoms with E-state index in [1.807, 2.05) is 26.0 Å². The normalized spacial score (nSPS) is 17.8. The predicted molar refractivity (Wildman–Crippen MR) is 95.5 cm³/mol. The van der Waals surface area contributed by atoms with Gasteiger partial charge in [-0.15, -0.1) is 0 Å². The quantitative estimate of drug-likeness (QED) is 0.850. The SMILES string of the molecule is Cc1cc(N)cc(C)c1N1CC(Cc2ccc(F)cc2F)CCC1=O. The van der Waals surface area contributed by atoms with E-state index in [1.165, 1.54) is 12.1 Å². The minimum Gasteiger partial charge on any atom is -0.399 e. The van der Waals surface area contributed by atoms with Gasteiger partial charge < -0.3 is 10.6 Å². The van der Waals surface area contributed by atoms with Gasteiger partial charge in [0.05, 0.1) is 0 Å². The molecular formula is C20H22F2N2O. The lowest BCUT2D eigenvalue weighted by atomic mass is 9.89. The van der Waals surface area contributed by atoms with Gasteiger partial charge in [-0.05, 0) is 67.5 Å². The number of hydrogen-bond acceptors (Lipinski definition) is 2. The van der Waals surface area contributed by atoms with Crippen molar-refractivity contribution < 1.29 is 13.6 Å². The topological polar surface area (TPSA) is 46.3 Å². The summed E-state index contributed by atoms with van der Waals surface area (Å²) in [5, 5.41) is 0. The Kier molecular flexibility index (Phi) is 4.75. The zero-order chi connectivity index (χ0) is 18.1. The molecule has 1 aliphatic heterocycles. The molecule has 1 heterocycles. The lowest BCUT2D eigenvalue weighted by Crippen LogP contribution is -2.41. The molecule has 0 radical (unpaired) electrons. The molecular weight excluding hydrogens is 322 g/mol. The van der Waals surface area contributed by atoms with E-state index in [2.05, 4.69) is 0 Å². The summed E-state index contributed by atoms with van der Waals surface area (Å²) >= 11 is 0. The van der Waals surface area contributed by atoms with E-state index in [-0.39, 0.29) is 11.8 Å². The molecule has 2 N–H and O–H groups in total. The number of rotatable bonds is 3. The fraction of sp³-hybridized carbons (Fsp3) is 0.350. The van der Waals surface area contributed by atoms with Crippen molar-refractivity contribution in [3.05, 3.63) is 58.7 Å². The van der Waals surface area contributed by atoms with E-state index in [9.17, 15) is 13.6 Å². The van der Waals surface area contributed by atoms with Crippen molar-refractivity contribution >= 4 is 17.3 Å². The summed E-state index contributed by atoms with van der Waals surface area (Å²) in [6.07, 6.45) is 1.62. The zero-order valence-corrected chi connectivity index (χ0v) is 14.5. The van der Waals surface area contributed by atoms with Gasteiger partial charge in [0.15, 0.2) is 0 Å². The monoisotopic (exact) mass is 344 g/mol. The van der Waals surface area contributed by atoms with E-state index in [4.69, 9.17) is 5.73 Å². The summed E-state index contributed by atoms with van der Waals surface area (Å²) in [7, 11) is 0. The van der Waals surface area contributed by atoms with Gasteiger partial charge in [0.1, 0.15) is 11.6 Å². The lowest BCUT2D eigenvalue weighted by Gasteiger charge is -2.34. The second-order valence-corrected chi connectivity index (χ2v) is 6.85. The number of nitrogen functional groups attached to an aromatic ring is 1. The van der Waals surface area contributed by atoms with Crippen LogP contribution in [0.5, 0.6) is 0 Å². The number of aryl methyl sites for hydroxylation is 2. The van der Waals surface area contributed by atoms with Crippen molar-refractivity contribution in [1.82, 2.24) is 0 Å². The van der Waals surface area contributed by atoms with E-state index < -0.39 is 11.6 Å². The molecule has 2 aromatic carbocycles. The highest BCUT2D eigenvalue weighted by Gasteiger charge is 2.29. The van der Waals surface area contributed by atoms with Gasteiger partial charge in [-0.3, -0.25) is 4.79 Å². The van der Waals surface area contributed by atoms with E-state index >= 15 is 0 Å². The Hall–Kier alpha value is -2.43. The second kappa shape index (κ2) is 6.82. The Morgan fingerprint density at radius 1 is 1.16 bits per heavy atom. The van der Waals surface area contributed by atoms with Gasteiger partial charge in [0.2, 0.25) is 5.91 Å². The van der Waals surface area contributed by atoms with E-state index in [0.717, 1.165) is 22.9 Å². The van der Waals surface area contributed by atoms with Crippen molar-refractivity contribution in [1.29, 1.82) is 0 Å². The number of carbonyl (C=O) groups excluding carboxylic acids is 1. The number of carbonyl (C=O) groups is 1. The van der Waals surface area contributed by atoms with Crippen molar-refractivity contribution in [2.24, 2.45) is 5.92 Å². The predicted octanol–water partition coefficient (Wildman–Crippen LogP) is 4.15. The molecule has 25 heavy (non-hydrogen) atoms. The van der Waals surface area contributed by atoms with E-state index in [1.54, 1.807) is 4.90 Å². The Bertz CT molecular complexity index is 796. The molecule has 1 amide bonds. The van der Waals surface area contributed by atoms with Crippen LogP contribution in [0.4, 0.5) is 20.2 Å². The van der Waals surface area contributed by atoms with Crippen LogP contribution in [0.2, 0.25) is 0 Å². The molecule has 3 nitrogen and oxygen atoms in total. The first kappa shape index (κ1) is 17.4. The van der Waals surface area contributed by atoms with Crippen LogP contribution in [0.1, 0.15) is 29.5 Å². The number of piperidine rings is 1. The summed E-state index contributed by atoms with van der Waals surface area (Å²) < 4.78 is 27.0. The third-order valence-corrected chi connectivity index (χ3v) is 4.82. The summed E-state index contributed by atoms with van der Waals surface area (Å²) in [6.45, 7) is 4.41. The van der Waals surface area contributed by atoms with Gasteiger partial charge in [-0.2, -0.15) is 0 Å². The molecule has 2 aromatic rings. The maximum absolute atomic E-state index is 13.9. The minimum absolute atomic E-state index is 0.0757. The maximum Gasteiger partial charge on any atom is 0.227 e. The summed E-state index contributed by atoms with van der Waals surface area (Å²) in [6, 6.07) is 7.40. The van der Waals surface area contributed by atoms with Gasteiger partial charge in [0.25, 0.3) is 0 Å². The van der Waals surface area contributed by atoms with Gasteiger partial charge in [-0.25, -0.2) is 8.78 Å². The van der Waals surface area contributed by atoms with Crippen LogP contribution in [-0.2, 0) is 11.2 Å². The second-order valence-electron chi connectivity index (χ2n) is 6.85. The molecule has 1 unspecified atom stereocenters. The number of nitrogens with two attached hydrogens (primary N) is 1. The van der Waals surface area contributed by atoms with Crippen LogP contribution in [0.15, 0.2) is 30.3 Å². The number of benzene rings is 2. The maximum atomic E-state index is 13.9. The van der Waals surface area contributed by atoms with Crippen LogP contribution >= 0.6 is 0 Å². The van der Waals surface area contributed by atoms with Crippen LogP contribution in [-0.4, -0.2) is 12.5 Å². The number of anilines is 2. The van der Waals surface area contributed by atoms with Gasteiger partial charge in [-0.1, -0.05) is 6.07 Å². The highest BCUT2D eigenvalue weighted by Crippen LogP contribution is 2.33. The molecule has 132 valence electrons. The van der Waals surface area contributed by atoms with E-state index in [0.29, 0.717) is 37.1 Å². The number of hydrogen-bond donors (Lipinski definition) is 1. The highest BCUT2D eigenvalue weighted by atomic mass is 19.1. The number of amides is 1. The smallest absolute Gasteiger partial charge is 0.227 e. The third-order valence-electron chi connectivity index (χ3n) is 4.82. The standard InChI is InChI=1S/C20H22F2N2O/c1-12-7-17(23)8-13(2)20(12)24-11-14(3-6-19(24)25)9-15-4-5-16(21)10-18(15)22/h4-5,7-8,10,14H,3,6,9,11,23H2,1-2H3. The van der Waals surface area contributed by atoms with Crippen LogP contribution in [0.25, 0.3) is 0 Å². The fourth-order valence-corrected chi connectivity index (χ4v) is 3.71. The van der Waals surface area contributed by atoms with Crippen molar-refractivity contribution in [2.75, 3.05) is 17.2 Å². The van der Waals surface area contributed by atoms with Gasteiger partial charge in [0, 0.05) is 30.4 Å². The summed E-state index contributed by atoms with van der Waals surface area (Å²) in [4.78, 5) is 14.3. The molecule has 1 saturated heterocycles. The van der Waals surface area contributed by atoms with Crippen molar-refractivity contribution in [3.63, 3.8) is 0 Å². The molecule has 1 atom stereocenters. The first-order valence-electron chi connectivity index (χ1n) is 8.46. The molecule has 0 bridgehead atoms. The zero-order valence-electron chi connectivity index (χ0n) is 14.5. The first-order valence-corrected chi connectivity index (χ1v) is 8.46. The average molecular weight is 344 g/mol.